The summed E-state index contributed by atoms with van der Waals surface area (Å²) >= 11 is 0. The number of carbonyl (C=O) groups excluding carboxylic acids is 2. The van der Waals surface area contributed by atoms with Gasteiger partial charge in [0.2, 0.25) is 0 Å². The van der Waals surface area contributed by atoms with Crippen molar-refractivity contribution in [2.45, 2.75) is 19.4 Å². The van der Waals surface area contributed by atoms with E-state index in [4.69, 9.17) is 9.47 Å². The molecular formula is C18H18FNO4. The molecule has 0 aliphatic heterocycles. The van der Waals surface area contributed by atoms with E-state index < -0.39 is 23.7 Å². The van der Waals surface area contributed by atoms with Crippen LogP contribution in [0, 0.1) is 11.7 Å². The third kappa shape index (κ3) is 5.46. The summed E-state index contributed by atoms with van der Waals surface area (Å²) in [6.07, 6.45) is 1.11. The molecule has 2 rings (SSSR count). The number of esters is 2. The summed E-state index contributed by atoms with van der Waals surface area (Å²) in [5, 5.41) is 0. The van der Waals surface area contributed by atoms with Gasteiger partial charge in [-0.25, -0.2) is 4.39 Å². The van der Waals surface area contributed by atoms with Crippen LogP contribution in [0.2, 0.25) is 0 Å². The molecule has 0 spiro atoms. The van der Waals surface area contributed by atoms with Crippen molar-refractivity contribution in [2.24, 2.45) is 5.92 Å². The van der Waals surface area contributed by atoms with E-state index in [1.165, 1.54) is 19.2 Å². The number of carbonyl (C=O) groups is 2. The molecule has 0 bridgehead atoms. The molecule has 0 saturated carbocycles. The Bertz CT molecular complexity index is 673. The molecule has 1 heterocycles. The molecule has 1 unspecified atom stereocenters. The van der Waals surface area contributed by atoms with Crippen molar-refractivity contribution in [3.8, 4) is 0 Å². The monoisotopic (exact) mass is 331 g/mol. The number of hydrogen-bond acceptors (Lipinski definition) is 5. The number of rotatable bonds is 7. The van der Waals surface area contributed by atoms with Gasteiger partial charge in [0.1, 0.15) is 12.4 Å². The van der Waals surface area contributed by atoms with Gasteiger partial charge in [-0.05, 0) is 17.7 Å². The van der Waals surface area contributed by atoms with Gasteiger partial charge in [0, 0.05) is 12.1 Å². The summed E-state index contributed by atoms with van der Waals surface area (Å²) in [5.74, 6) is -2.22. The molecule has 0 saturated heterocycles. The second-order valence-corrected chi connectivity index (χ2v) is 5.24. The lowest BCUT2D eigenvalue weighted by Gasteiger charge is -2.14. The number of pyridine rings is 1. The van der Waals surface area contributed by atoms with Gasteiger partial charge in [-0.15, -0.1) is 0 Å². The topological polar surface area (TPSA) is 65.5 Å². The third-order valence-corrected chi connectivity index (χ3v) is 3.43. The molecular weight excluding hydrogens is 313 g/mol. The van der Waals surface area contributed by atoms with Crippen LogP contribution in [0.5, 0.6) is 0 Å². The lowest BCUT2D eigenvalue weighted by molar-refractivity contribution is -0.154. The molecule has 1 aromatic carbocycles. The zero-order valence-electron chi connectivity index (χ0n) is 13.3. The van der Waals surface area contributed by atoms with Crippen molar-refractivity contribution in [2.75, 3.05) is 7.11 Å². The highest BCUT2D eigenvalue weighted by Crippen LogP contribution is 2.15. The van der Waals surface area contributed by atoms with E-state index in [1.807, 2.05) is 30.3 Å². The minimum absolute atomic E-state index is 0.126. The van der Waals surface area contributed by atoms with Crippen molar-refractivity contribution < 1.29 is 23.5 Å². The lowest BCUT2D eigenvalue weighted by Crippen LogP contribution is -2.23. The van der Waals surface area contributed by atoms with E-state index in [2.05, 4.69) is 4.98 Å². The zero-order chi connectivity index (χ0) is 17.4. The Morgan fingerprint density at radius 2 is 1.92 bits per heavy atom. The Morgan fingerprint density at radius 3 is 2.54 bits per heavy atom. The Labute approximate surface area is 139 Å². The van der Waals surface area contributed by atoms with Crippen LogP contribution in [0.3, 0.4) is 0 Å². The van der Waals surface area contributed by atoms with Crippen molar-refractivity contribution in [1.29, 1.82) is 0 Å². The number of halogens is 1. The first kappa shape index (κ1) is 17.6. The molecule has 0 N–H and O–H groups in total. The van der Waals surface area contributed by atoms with Crippen LogP contribution in [-0.4, -0.2) is 24.0 Å². The molecule has 24 heavy (non-hydrogen) atoms. The first-order valence-corrected chi connectivity index (χ1v) is 7.46. The van der Waals surface area contributed by atoms with Crippen molar-refractivity contribution >= 4 is 11.9 Å². The van der Waals surface area contributed by atoms with E-state index in [-0.39, 0.29) is 19.4 Å². The van der Waals surface area contributed by atoms with Crippen molar-refractivity contribution in [3.63, 3.8) is 0 Å². The zero-order valence-corrected chi connectivity index (χ0v) is 13.3. The van der Waals surface area contributed by atoms with Gasteiger partial charge in [-0.2, -0.15) is 0 Å². The summed E-state index contributed by atoms with van der Waals surface area (Å²) < 4.78 is 22.8. The van der Waals surface area contributed by atoms with E-state index in [9.17, 15) is 14.0 Å². The molecule has 0 amide bonds. The second-order valence-electron chi connectivity index (χ2n) is 5.24. The average Bonchev–Trinajstić information content (AvgIpc) is 2.61. The molecule has 5 nitrogen and oxygen atoms in total. The predicted octanol–water partition coefficient (Wildman–Crippen LogP) is 2.69. The molecule has 0 aliphatic carbocycles. The first-order chi connectivity index (χ1) is 11.6. The van der Waals surface area contributed by atoms with Gasteiger partial charge in [0.25, 0.3) is 0 Å². The summed E-state index contributed by atoms with van der Waals surface area (Å²) in [7, 11) is 1.25. The number of hydrogen-bond donors (Lipinski definition) is 0. The largest absolute Gasteiger partial charge is 0.469 e. The Balaban J connectivity index is 1.93. The molecule has 0 aliphatic rings. The molecule has 1 atom stereocenters. The summed E-state index contributed by atoms with van der Waals surface area (Å²) in [5.41, 5.74) is 1.36. The maximum absolute atomic E-state index is 12.9. The molecule has 6 heteroatoms. The Hall–Kier alpha value is -2.76. The van der Waals surface area contributed by atoms with Crippen LogP contribution >= 0.6 is 0 Å². The van der Waals surface area contributed by atoms with Crippen molar-refractivity contribution in [1.82, 2.24) is 4.98 Å². The highest BCUT2D eigenvalue weighted by molar-refractivity contribution is 5.80. The SMILES string of the molecule is COC(=O)C(CC(=O)OCc1ccccc1)Cc1ccc(F)cn1. The number of nitrogens with zero attached hydrogens (tertiary/aromatic N) is 1. The van der Waals surface area contributed by atoms with Gasteiger partial charge in [0.05, 0.1) is 25.6 Å². The van der Waals surface area contributed by atoms with Crippen LogP contribution in [0.4, 0.5) is 4.39 Å². The fraction of sp³-hybridized carbons (Fsp3) is 0.278. The third-order valence-electron chi connectivity index (χ3n) is 3.43. The quantitative estimate of drug-likeness (QED) is 0.730. The van der Waals surface area contributed by atoms with Gasteiger partial charge < -0.3 is 9.47 Å². The summed E-state index contributed by atoms with van der Waals surface area (Å²) in [6, 6.07) is 12.0. The first-order valence-electron chi connectivity index (χ1n) is 7.46. The lowest BCUT2D eigenvalue weighted by atomic mass is 9.99. The van der Waals surface area contributed by atoms with Crippen LogP contribution in [0.25, 0.3) is 0 Å². The minimum Gasteiger partial charge on any atom is -0.469 e. The van der Waals surface area contributed by atoms with Crippen LogP contribution < -0.4 is 0 Å². The summed E-state index contributed by atoms with van der Waals surface area (Å²) in [6.45, 7) is 0.141. The molecule has 1 aromatic heterocycles. The molecule has 126 valence electrons. The van der Waals surface area contributed by atoms with Crippen molar-refractivity contribution in [3.05, 3.63) is 65.7 Å². The molecule has 0 radical (unpaired) electrons. The Morgan fingerprint density at radius 1 is 1.17 bits per heavy atom. The standard InChI is InChI=1S/C18H18FNO4/c1-23-18(22)14(9-16-8-7-15(19)11-20-16)10-17(21)24-12-13-5-3-2-4-6-13/h2-8,11,14H,9-10,12H2,1H3. The predicted molar refractivity (Wildman–Crippen MR) is 84.3 cm³/mol. The van der Waals surface area contributed by atoms with Crippen LogP contribution in [-0.2, 0) is 32.1 Å². The maximum atomic E-state index is 12.9. The van der Waals surface area contributed by atoms with E-state index in [0.717, 1.165) is 11.8 Å². The average molecular weight is 331 g/mol. The number of methoxy groups -OCH3 is 1. The van der Waals surface area contributed by atoms with E-state index in [1.54, 1.807) is 0 Å². The van der Waals surface area contributed by atoms with E-state index in [0.29, 0.717) is 5.69 Å². The smallest absolute Gasteiger partial charge is 0.309 e. The fourth-order valence-corrected chi connectivity index (χ4v) is 2.18. The minimum atomic E-state index is -0.726. The van der Waals surface area contributed by atoms with Gasteiger partial charge in [-0.3, -0.25) is 14.6 Å². The number of aromatic nitrogens is 1. The fourth-order valence-electron chi connectivity index (χ4n) is 2.18. The number of ether oxygens (including phenoxy) is 2. The van der Waals surface area contributed by atoms with Gasteiger partial charge in [-0.1, -0.05) is 30.3 Å². The maximum Gasteiger partial charge on any atom is 0.309 e. The van der Waals surface area contributed by atoms with Gasteiger partial charge in [0.15, 0.2) is 0 Å². The van der Waals surface area contributed by atoms with E-state index >= 15 is 0 Å². The Kier molecular flexibility index (Phi) is 6.42. The highest BCUT2D eigenvalue weighted by Gasteiger charge is 2.24. The number of benzene rings is 1. The molecule has 0 fully saturated rings. The van der Waals surface area contributed by atoms with Gasteiger partial charge >= 0.3 is 11.9 Å². The van der Waals surface area contributed by atoms with Crippen LogP contribution in [0.1, 0.15) is 17.7 Å². The van der Waals surface area contributed by atoms with Crippen LogP contribution in [0.15, 0.2) is 48.7 Å². The summed E-state index contributed by atoms with van der Waals surface area (Å²) in [4.78, 5) is 27.7. The second kappa shape index (κ2) is 8.76. The normalized spacial score (nSPS) is 11.6. The highest BCUT2D eigenvalue weighted by atomic mass is 19.1. The molecule has 2 aromatic rings.